The fraction of sp³-hybridized carbons (Fsp3) is 0.667. The Morgan fingerprint density at radius 1 is 0.889 bits per heavy atom. The minimum absolute atomic E-state index is 0.190. The zero-order valence-electron chi connectivity index (χ0n) is 13.2. The molecule has 0 unspecified atom stereocenters. The Morgan fingerprint density at radius 3 is 1.94 bits per heavy atom. The molecule has 101 valence electrons. The van der Waals surface area contributed by atoms with Gasteiger partial charge in [-0.05, 0) is 40.7 Å². The first-order valence-electron chi connectivity index (χ1n) is 6.99. The van der Waals surface area contributed by atoms with Crippen molar-refractivity contribution in [2.24, 2.45) is 10.8 Å². The molecule has 0 fully saturated rings. The van der Waals surface area contributed by atoms with Crippen molar-refractivity contribution in [1.29, 1.82) is 0 Å². The van der Waals surface area contributed by atoms with Gasteiger partial charge < -0.3 is 0 Å². The van der Waals surface area contributed by atoms with Crippen molar-refractivity contribution in [3.63, 3.8) is 0 Å². The molecule has 0 aliphatic rings. The topological polar surface area (TPSA) is 0 Å². The van der Waals surface area contributed by atoms with Gasteiger partial charge in [-0.15, -0.1) is 0 Å². The molecule has 1 rings (SSSR count). The highest BCUT2D eigenvalue weighted by Gasteiger charge is 2.33. The normalized spacial score (nSPS) is 13.7. The second-order valence-corrected chi connectivity index (χ2v) is 8.24. The fourth-order valence-electron chi connectivity index (χ4n) is 3.60. The molecule has 0 N–H and O–H groups in total. The molecule has 1 radical (unpaired) electrons. The van der Waals surface area contributed by atoms with Crippen LogP contribution in [0, 0.1) is 16.9 Å². The fourth-order valence-corrected chi connectivity index (χ4v) is 3.60. The number of rotatable bonds is 4. The Labute approximate surface area is 114 Å². The molecule has 0 aromatic heterocycles. The maximum Gasteiger partial charge on any atom is -0.00923 e. The van der Waals surface area contributed by atoms with E-state index in [0.717, 1.165) is 0 Å². The summed E-state index contributed by atoms with van der Waals surface area (Å²) in [4.78, 5) is 0. The monoisotopic (exact) mass is 245 g/mol. The first kappa shape index (κ1) is 15.3. The van der Waals surface area contributed by atoms with Gasteiger partial charge in [0.05, 0.1) is 0 Å². The molecule has 1 aromatic rings. The lowest BCUT2D eigenvalue weighted by Gasteiger charge is -2.39. The van der Waals surface area contributed by atoms with Crippen LogP contribution in [0.1, 0.15) is 66.9 Å². The minimum atomic E-state index is 0.190. The molecular formula is C18H29. The van der Waals surface area contributed by atoms with Gasteiger partial charge in [0, 0.05) is 0 Å². The van der Waals surface area contributed by atoms with Crippen LogP contribution in [0.5, 0.6) is 0 Å². The van der Waals surface area contributed by atoms with E-state index in [2.05, 4.69) is 66.7 Å². The van der Waals surface area contributed by atoms with Gasteiger partial charge in [-0.3, -0.25) is 0 Å². The third kappa shape index (κ3) is 4.84. The van der Waals surface area contributed by atoms with Crippen LogP contribution in [0.4, 0.5) is 0 Å². The highest BCUT2D eigenvalue weighted by molar-refractivity contribution is 5.22. The zero-order chi connectivity index (χ0) is 14.0. The van der Waals surface area contributed by atoms with Crippen LogP contribution in [0.2, 0.25) is 0 Å². The molecule has 0 saturated carbocycles. The van der Waals surface area contributed by atoms with Gasteiger partial charge in [-0.1, -0.05) is 72.7 Å². The molecular weight excluding hydrogens is 216 g/mol. The van der Waals surface area contributed by atoms with E-state index in [9.17, 15) is 0 Å². The standard InChI is InChI=1S/C18H29/c1-16(2,3)13-17(4,5)14-18(6,7)15-11-9-8-10-12-15/h8-11H,13-14H2,1-7H3. The predicted molar refractivity (Wildman–Crippen MR) is 80.8 cm³/mol. The van der Waals surface area contributed by atoms with Crippen molar-refractivity contribution in [1.82, 2.24) is 0 Å². The number of hydrogen-bond donors (Lipinski definition) is 0. The third-order valence-corrected chi connectivity index (χ3v) is 3.37. The molecule has 0 aliphatic carbocycles. The summed E-state index contributed by atoms with van der Waals surface area (Å²) >= 11 is 0. The van der Waals surface area contributed by atoms with E-state index < -0.39 is 0 Å². The van der Waals surface area contributed by atoms with E-state index in [0.29, 0.717) is 10.8 Å². The molecule has 0 bridgehead atoms. The van der Waals surface area contributed by atoms with Crippen LogP contribution >= 0.6 is 0 Å². The second-order valence-electron chi connectivity index (χ2n) is 8.24. The van der Waals surface area contributed by atoms with Gasteiger partial charge in [0.25, 0.3) is 0 Å². The molecule has 0 aliphatic heterocycles. The maximum absolute atomic E-state index is 3.39. The van der Waals surface area contributed by atoms with E-state index >= 15 is 0 Å². The lowest BCUT2D eigenvalue weighted by molar-refractivity contribution is 0.165. The summed E-state index contributed by atoms with van der Waals surface area (Å²) in [5.41, 5.74) is 2.26. The molecule has 0 amide bonds. The molecule has 0 saturated heterocycles. The predicted octanol–water partition coefficient (Wildman–Crippen LogP) is 5.62. The van der Waals surface area contributed by atoms with Gasteiger partial charge in [0.2, 0.25) is 0 Å². The zero-order valence-corrected chi connectivity index (χ0v) is 13.2. The van der Waals surface area contributed by atoms with Crippen molar-refractivity contribution in [2.75, 3.05) is 0 Å². The minimum Gasteiger partial charge on any atom is -0.0619 e. The lowest BCUT2D eigenvalue weighted by Crippen LogP contribution is -2.30. The van der Waals surface area contributed by atoms with Crippen molar-refractivity contribution in [3.05, 3.63) is 35.9 Å². The molecule has 0 heterocycles. The van der Waals surface area contributed by atoms with Crippen LogP contribution < -0.4 is 0 Å². The van der Waals surface area contributed by atoms with E-state index in [1.807, 2.05) is 12.1 Å². The first-order valence-corrected chi connectivity index (χ1v) is 6.99. The van der Waals surface area contributed by atoms with Gasteiger partial charge in [0.15, 0.2) is 0 Å². The van der Waals surface area contributed by atoms with Crippen molar-refractivity contribution in [2.45, 2.75) is 66.7 Å². The van der Waals surface area contributed by atoms with Crippen LogP contribution in [-0.4, -0.2) is 0 Å². The van der Waals surface area contributed by atoms with Gasteiger partial charge >= 0.3 is 0 Å². The van der Waals surface area contributed by atoms with Gasteiger partial charge in [-0.25, -0.2) is 0 Å². The van der Waals surface area contributed by atoms with Crippen molar-refractivity contribution in [3.8, 4) is 0 Å². The Hall–Kier alpha value is -0.780. The summed E-state index contributed by atoms with van der Waals surface area (Å²) in [6, 6.07) is 11.8. The van der Waals surface area contributed by atoms with E-state index in [-0.39, 0.29) is 5.41 Å². The largest absolute Gasteiger partial charge is 0.0619 e. The Balaban J connectivity index is 2.83. The molecule has 0 atom stereocenters. The van der Waals surface area contributed by atoms with Crippen LogP contribution in [0.15, 0.2) is 24.3 Å². The summed E-state index contributed by atoms with van der Waals surface area (Å²) < 4.78 is 0. The lowest BCUT2D eigenvalue weighted by atomic mass is 9.66. The summed E-state index contributed by atoms with van der Waals surface area (Å²) in [5, 5.41) is 0. The number of benzene rings is 1. The Bertz CT molecular complexity index is 363. The maximum atomic E-state index is 3.39. The molecule has 1 aromatic carbocycles. The number of hydrogen-bond acceptors (Lipinski definition) is 0. The highest BCUT2D eigenvalue weighted by Crippen LogP contribution is 2.42. The molecule has 0 nitrogen and oxygen atoms in total. The van der Waals surface area contributed by atoms with Gasteiger partial charge in [-0.2, -0.15) is 0 Å². The third-order valence-electron chi connectivity index (χ3n) is 3.37. The summed E-state index contributed by atoms with van der Waals surface area (Å²) in [5.74, 6) is 0. The average Bonchev–Trinajstić information content (AvgIpc) is 2.13. The average molecular weight is 245 g/mol. The first-order chi connectivity index (χ1) is 8.02. The van der Waals surface area contributed by atoms with Crippen LogP contribution in [0.25, 0.3) is 0 Å². The van der Waals surface area contributed by atoms with E-state index in [1.54, 1.807) is 0 Å². The highest BCUT2D eigenvalue weighted by atomic mass is 14.4. The second kappa shape index (κ2) is 5.07. The summed E-state index contributed by atoms with van der Waals surface area (Å²) in [7, 11) is 0. The molecule has 0 heteroatoms. The quantitative estimate of drug-likeness (QED) is 0.646. The van der Waals surface area contributed by atoms with E-state index in [1.165, 1.54) is 18.4 Å². The van der Waals surface area contributed by atoms with Crippen LogP contribution in [-0.2, 0) is 5.41 Å². The van der Waals surface area contributed by atoms with Crippen LogP contribution in [0.3, 0.4) is 0 Å². The molecule has 18 heavy (non-hydrogen) atoms. The summed E-state index contributed by atoms with van der Waals surface area (Å²) in [6.07, 6.45) is 2.44. The van der Waals surface area contributed by atoms with E-state index in [4.69, 9.17) is 0 Å². The van der Waals surface area contributed by atoms with Crippen molar-refractivity contribution < 1.29 is 0 Å². The SMILES string of the molecule is CC(C)(C)CC(C)(C)CC(C)(C)c1[c]cccc1. The Morgan fingerprint density at radius 2 is 1.50 bits per heavy atom. The smallest absolute Gasteiger partial charge is 0.00923 e. The van der Waals surface area contributed by atoms with Gasteiger partial charge in [0.1, 0.15) is 0 Å². The summed E-state index contributed by atoms with van der Waals surface area (Å²) in [6.45, 7) is 16.4. The Kier molecular flexibility index (Phi) is 4.30. The molecule has 0 spiro atoms. The van der Waals surface area contributed by atoms with Crippen molar-refractivity contribution >= 4 is 0 Å².